The highest BCUT2D eigenvalue weighted by Gasteiger charge is 2.14. The lowest BCUT2D eigenvalue weighted by atomic mass is 10.1. The second kappa shape index (κ2) is 7.23. The van der Waals surface area contributed by atoms with Crippen LogP contribution in [0.2, 0.25) is 0 Å². The summed E-state index contributed by atoms with van der Waals surface area (Å²) < 4.78 is 27.1. The highest BCUT2D eigenvalue weighted by molar-refractivity contribution is 5.47. The average Bonchev–Trinajstić information content (AvgIpc) is 2.30. The highest BCUT2D eigenvalue weighted by Crippen LogP contribution is 2.20. The summed E-state index contributed by atoms with van der Waals surface area (Å²) >= 11 is 0. The summed E-state index contributed by atoms with van der Waals surface area (Å²) in [6.45, 7) is 5.97. The van der Waals surface area contributed by atoms with E-state index < -0.39 is 17.7 Å². The minimum atomic E-state index is -0.739. The van der Waals surface area contributed by atoms with Crippen LogP contribution in [0.15, 0.2) is 6.07 Å². The molecular weight excluding hydrogens is 252 g/mol. The molecule has 1 rings (SSSR count). The van der Waals surface area contributed by atoms with E-state index in [0.717, 1.165) is 12.5 Å². The maximum absolute atomic E-state index is 13.6. The van der Waals surface area contributed by atoms with Crippen molar-refractivity contribution in [3.63, 3.8) is 0 Å². The summed E-state index contributed by atoms with van der Waals surface area (Å²) in [5.74, 6) is -1.42. The van der Waals surface area contributed by atoms with Crippen LogP contribution in [0.3, 0.4) is 0 Å². The average molecular weight is 273 g/mol. The first kappa shape index (κ1) is 15.6. The Hall–Kier alpha value is -1.43. The summed E-state index contributed by atoms with van der Waals surface area (Å²) in [7, 11) is 0. The first-order valence-corrected chi connectivity index (χ1v) is 6.48. The van der Waals surface area contributed by atoms with Crippen molar-refractivity contribution in [2.45, 2.75) is 45.8 Å². The lowest BCUT2D eigenvalue weighted by Crippen LogP contribution is -2.22. The van der Waals surface area contributed by atoms with Gasteiger partial charge in [-0.2, -0.15) is 0 Å². The van der Waals surface area contributed by atoms with Gasteiger partial charge in [-0.25, -0.2) is 13.8 Å². The Kier molecular flexibility index (Phi) is 5.95. The standard InChI is InChI=1S/C13H21F2N3O/c1-4-5-16-12-10(14)7-11(15)13(18-12)17-8(2)6-9(3)19/h7-9,19H,4-6H2,1-3H3,(H2,16,17,18). The number of anilines is 2. The van der Waals surface area contributed by atoms with Gasteiger partial charge in [0.25, 0.3) is 0 Å². The Balaban J connectivity index is 2.81. The number of nitrogens with one attached hydrogen (secondary N) is 2. The van der Waals surface area contributed by atoms with E-state index in [4.69, 9.17) is 0 Å². The zero-order valence-corrected chi connectivity index (χ0v) is 11.5. The van der Waals surface area contributed by atoms with Crippen LogP contribution in [0.25, 0.3) is 0 Å². The van der Waals surface area contributed by atoms with Gasteiger partial charge in [0.05, 0.1) is 6.10 Å². The summed E-state index contributed by atoms with van der Waals surface area (Å²) in [5, 5.41) is 14.9. The second-order valence-electron chi connectivity index (χ2n) is 4.71. The van der Waals surface area contributed by atoms with Crippen molar-refractivity contribution < 1.29 is 13.9 Å². The molecule has 3 N–H and O–H groups in total. The minimum absolute atomic E-state index is 0.00634. The van der Waals surface area contributed by atoms with Gasteiger partial charge in [0.1, 0.15) is 0 Å². The zero-order chi connectivity index (χ0) is 14.4. The van der Waals surface area contributed by atoms with Gasteiger partial charge in [-0.3, -0.25) is 0 Å². The first-order chi connectivity index (χ1) is 8.93. The van der Waals surface area contributed by atoms with Crippen molar-refractivity contribution in [1.82, 2.24) is 4.98 Å². The molecule has 0 aromatic carbocycles. The Morgan fingerprint density at radius 3 is 2.47 bits per heavy atom. The predicted molar refractivity (Wildman–Crippen MR) is 72.3 cm³/mol. The topological polar surface area (TPSA) is 57.2 Å². The van der Waals surface area contributed by atoms with Crippen LogP contribution in [0.4, 0.5) is 20.4 Å². The molecule has 0 radical (unpaired) electrons. The van der Waals surface area contributed by atoms with Crippen LogP contribution in [0.5, 0.6) is 0 Å². The van der Waals surface area contributed by atoms with Crippen LogP contribution in [0.1, 0.15) is 33.6 Å². The molecule has 0 spiro atoms. The Labute approximate surface area is 112 Å². The van der Waals surface area contributed by atoms with Crippen molar-refractivity contribution in [1.29, 1.82) is 0 Å². The molecule has 0 bridgehead atoms. The Morgan fingerprint density at radius 1 is 1.26 bits per heavy atom. The lowest BCUT2D eigenvalue weighted by molar-refractivity contribution is 0.179. The molecule has 0 aliphatic heterocycles. The smallest absolute Gasteiger partial charge is 0.168 e. The SMILES string of the molecule is CCCNc1nc(NC(C)CC(C)O)c(F)cc1F. The monoisotopic (exact) mass is 273 g/mol. The van der Waals surface area contributed by atoms with Crippen molar-refractivity contribution >= 4 is 11.6 Å². The Bertz CT molecular complexity index is 413. The normalized spacial score (nSPS) is 14.0. The summed E-state index contributed by atoms with van der Waals surface area (Å²) in [6, 6.07) is 0.647. The van der Waals surface area contributed by atoms with Gasteiger partial charge < -0.3 is 15.7 Å². The van der Waals surface area contributed by atoms with Crippen LogP contribution in [0, 0.1) is 11.6 Å². The molecule has 1 heterocycles. The van der Waals surface area contributed by atoms with Gasteiger partial charge in [-0.05, 0) is 26.7 Å². The predicted octanol–water partition coefficient (Wildman–Crippen LogP) is 2.75. The third kappa shape index (κ3) is 4.98. The third-order valence-electron chi connectivity index (χ3n) is 2.55. The molecule has 4 nitrogen and oxygen atoms in total. The molecule has 1 aromatic rings. The lowest BCUT2D eigenvalue weighted by Gasteiger charge is -2.17. The third-order valence-corrected chi connectivity index (χ3v) is 2.55. The van der Waals surface area contributed by atoms with E-state index in [1.807, 2.05) is 6.92 Å². The number of aliphatic hydroxyl groups is 1. The molecule has 0 fully saturated rings. The number of aliphatic hydroxyl groups excluding tert-OH is 1. The molecule has 0 amide bonds. The summed E-state index contributed by atoms with van der Waals surface area (Å²) in [5.41, 5.74) is 0. The van der Waals surface area contributed by atoms with Crippen molar-refractivity contribution in [2.75, 3.05) is 17.2 Å². The number of halogens is 2. The number of hydrogen-bond donors (Lipinski definition) is 3. The molecule has 0 saturated heterocycles. The number of hydrogen-bond acceptors (Lipinski definition) is 4. The van der Waals surface area contributed by atoms with Gasteiger partial charge in [0.15, 0.2) is 23.3 Å². The molecule has 108 valence electrons. The molecule has 6 heteroatoms. The largest absolute Gasteiger partial charge is 0.393 e. The first-order valence-electron chi connectivity index (χ1n) is 6.48. The van der Waals surface area contributed by atoms with Crippen LogP contribution >= 0.6 is 0 Å². The fraction of sp³-hybridized carbons (Fsp3) is 0.615. The molecule has 19 heavy (non-hydrogen) atoms. The van der Waals surface area contributed by atoms with Gasteiger partial charge in [-0.15, -0.1) is 0 Å². The number of aromatic nitrogens is 1. The summed E-state index contributed by atoms with van der Waals surface area (Å²) in [4.78, 5) is 3.90. The van der Waals surface area contributed by atoms with Crippen LogP contribution < -0.4 is 10.6 Å². The fourth-order valence-corrected chi connectivity index (χ4v) is 1.74. The Morgan fingerprint density at radius 2 is 1.89 bits per heavy atom. The van der Waals surface area contributed by atoms with E-state index in [2.05, 4.69) is 15.6 Å². The van der Waals surface area contributed by atoms with E-state index in [0.29, 0.717) is 13.0 Å². The number of rotatable bonds is 7. The van der Waals surface area contributed by atoms with E-state index in [-0.39, 0.29) is 17.7 Å². The fourth-order valence-electron chi connectivity index (χ4n) is 1.74. The van der Waals surface area contributed by atoms with E-state index in [1.165, 1.54) is 0 Å². The number of nitrogens with zero attached hydrogens (tertiary/aromatic N) is 1. The molecule has 0 aliphatic rings. The quantitative estimate of drug-likeness (QED) is 0.715. The van der Waals surface area contributed by atoms with Crippen molar-refractivity contribution in [3.8, 4) is 0 Å². The molecule has 1 aromatic heterocycles. The van der Waals surface area contributed by atoms with E-state index >= 15 is 0 Å². The van der Waals surface area contributed by atoms with E-state index in [9.17, 15) is 13.9 Å². The van der Waals surface area contributed by atoms with Gasteiger partial charge in [0, 0.05) is 18.7 Å². The maximum atomic E-state index is 13.6. The second-order valence-corrected chi connectivity index (χ2v) is 4.71. The van der Waals surface area contributed by atoms with Crippen LogP contribution in [-0.4, -0.2) is 28.8 Å². The van der Waals surface area contributed by atoms with Crippen molar-refractivity contribution in [3.05, 3.63) is 17.7 Å². The summed E-state index contributed by atoms with van der Waals surface area (Å²) in [6.07, 6.45) is 0.777. The van der Waals surface area contributed by atoms with Gasteiger partial charge in [-0.1, -0.05) is 6.92 Å². The van der Waals surface area contributed by atoms with Crippen LogP contribution in [-0.2, 0) is 0 Å². The van der Waals surface area contributed by atoms with Crippen molar-refractivity contribution in [2.24, 2.45) is 0 Å². The molecule has 0 saturated carbocycles. The molecule has 0 aliphatic carbocycles. The van der Waals surface area contributed by atoms with E-state index in [1.54, 1.807) is 13.8 Å². The minimum Gasteiger partial charge on any atom is -0.393 e. The van der Waals surface area contributed by atoms with Gasteiger partial charge in [0.2, 0.25) is 0 Å². The molecule has 2 unspecified atom stereocenters. The molecule has 2 atom stereocenters. The van der Waals surface area contributed by atoms with Gasteiger partial charge >= 0.3 is 0 Å². The maximum Gasteiger partial charge on any atom is 0.168 e. The number of pyridine rings is 1. The highest BCUT2D eigenvalue weighted by atomic mass is 19.1. The molecular formula is C13H21F2N3O. The zero-order valence-electron chi connectivity index (χ0n) is 11.5.